The summed E-state index contributed by atoms with van der Waals surface area (Å²) in [5.74, 6) is 0.482. The zero-order chi connectivity index (χ0) is 20.6. The molecule has 4 nitrogen and oxygen atoms in total. The minimum atomic E-state index is -0.307. The van der Waals surface area contributed by atoms with Gasteiger partial charge in [0.1, 0.15) is 0 Å². The Labute approximate surface area is 177 Å². The SMILES string of the molecule is Cn1ccnc1SCC(=O)N1c2ccccc2[C@](C)(c2ccccc2)CC1(C)C. The number of benzene rings is 2. The van der Waals surface area contributed by atoms with Crippen molar-refractivity contribution in [2.24, 2.45) is 7.05 Å². The topological polar surface area (TPSA) is 38.1 Å². The van der Waals surface area contributed by atoms with Gasteiger partial charge < -0.3 is 9.47 Å². The van der Waals surface area contributed by atoms with Gasteiger partial charge >= 0.3 is 0 Å². The Morgan fingerprint density at radius 1 is 1.07 bits per heavy atom. The largest absolute Gasteiger partial charge is 0.329 e. The third-order valence-electron chi connectivity index (χ3n) is 5.89. The molecule has 0 saturated carbocycles. The van der Waals surface area contributed by atoms with Gasteiger partial charge in [0.25, 0.3) is 0 Å². The van der Waals surface area contributed by atoms with Crippen molar-refractivity contribution < 1.29 is 4.79 Å². The molecule has 5 heteroatoms. The number of anilines is 1. The lowest BCUT2D eigenvalue weighted by atomic mass is 9.65. The second-order valence-electron chi connectivity index (χ2n) is 8.54. The summed E-state index contributed by atoms with van der Waals surface area (Å²) in [4.78, 5) is 19.7. The van der Waals surface area contributed by atoms with Gasteiger partial charge in [-0.15, -0.1) is 0 Å². The lowest BCUT2D eigenvalue weighted by Gasteiger charge is -2.51. The quantitative estimate of drug-likeness (QED) is 0.571. The standard InChI is InChI=1S/C24H27N3OS/c1-23(2)17-24(3,18-10-6-5-7-11-18)19-12-8-9-13-20(19)27(23)21(28)16-29-22-25-14-15-26(22)4/h5-15H,16-17H2,1-4H3/t24-/m0/s1. The molecule has 2 aromatic carbocycles. The molecule has 0 radical (unpaired) electrons. The van der Waals surface area contributed by atoms with Crippen LogP contribution < -0.4 is 4.90 Å². The number of rotatable bonds is 4. The summed E-state index contributed by atoms with van der Waals surface area (Å²) in [6.45, 7) is 6.65. The third kappa shape index (κ3) is 3.48. The number of para-hydroxylation sites is 1. The first-order chi connectivity index (χ1) is 13.8. The Bertz CT molecular complexity index is 1030. The molecule has 2 heterocycles. The maximum Gasteiger partial charge on any atom is 0.237 e. The van der Waals surface area contributed by atoms with Gasteiger partial charge in [-0.05, 0) is 37.5 Å². The molecule has 150 valence electrons. The van der Waals surface area contributed by atoms with E-state index in [4.69, 9.17) is 0 Å². The van der Waals surface area contributed by atoms with Crippen LogP contribution in [0.3, 0.4) is 0 Å². The number of hydrogen-bond donors (Lipinski definition) is 0. The average molecular weight is 406 g/mol. The summed E-state index contributed by atoms with van der Waals surface area (Å²) in [5.41, 5.74) is 3.06. The Hall–Kier alpha value is -2.53. The van der Waals surface area contributed by atoms with E-state index < -0.39 is 0 Å². The number of aromatic nitrogens is 2. The number of imidazole rings is 1. The Kier molecular flexibility index (Phi) is 5.03. The molecule has 1 aromatic heterocycles. The summed E-state index contributed by atoms with van der Waals surface area (Å²) in [6.07, 6.45) is 4.52. The fourth-order valence-electron chi connectivity index (χ4n) is 4.72. The number of aryl methyl sites for hydroxylation is 1. The van der Waals surface area contributed by atoms with Crippen molar-refractivity contribution in [2.45, 2.75) is 43.3 Å². The van der Waals surface area contributed by atoms with E-state index in [1.165, 1.54) is 22.9 Å². The Balaban J connectivity index is 1.72. The first-order valence-corrected chi connectivity index (χ1v) is 10.9. The molecule has 0 N–H and O–H groups in total. The van der Waals surface area contributed by atoms with E-state index in [0.29, 0.717) is 5.75 Å². The summed E-state index contributed by atoms with van der Waals surface area (Å²) < 4.78 is 1.94. The fraction of sp³-hybridized carbons (Fsp3) is 0.333. The van der Waals surface area contributed by atoms with Gasteiger partial charge in [0, 0.05) is 36.1 Å². The van der Waals surface area contributed by atoms with Crippen LogP contribution in [-0.4, -0.2) is 26.8 Å². The highest BCUT2D eigenvalue weighted by Gasteiger charge is 2.47. The highest BCUT2D eigenvalue weighted by Crippen LogP contribution is 2.50. The number of carbonyl (C=O) groups excluding carboxylic acids is 1. The van der Waals surface area contributed by atoms with E-state index in [1.807, 2.05) is 28.8 Å². The second kappa shape index (κ2) is 7.38. The van der Waals surface area contributed by atoms with Crippen molar-refractivity contribution in [3.05, 3.63) is 78.1 Å². The van der Waals surface area contributed by atoms with E-state index in [-0.39, 0.29) is 16.9 Å². The van der Waals surface area contributed by atoms with Crippen LogP contribution >= 0.6 is 11.8 Å². The summed E-state index contributed by atoms with van der Waals surface area (Å²) in [6, 6.07) is 19.0. The Morgan fingerprint density at radius 3 is 2.45 bits per heavy atom. The molecule has 0 unspecified atom stereocenters. The molecule has 1 amide bonds. The molecular formula is C24H27N3OS. The van der Waals surface area contributed by atoms with Crippen molar-refractivity contribution in [3.8, 4) is 0 Å². The monoisotopic (exact) mass is 405 g/mol. The van der Waals surface area contributed by atoms with Crippen LogP contribution in [0.25, 0.3) is 0 Å². The van der Waals surface area contributed by atoms with Gasteiger partial charge in [0.2, 0.25) is 5.91 Å². The molecule has 1 atom stereocenters. The number of fused-ring (bicyclic) bond motifs is 1. The van der Waals surface area contributed by atoms with E-state index >= 15 is 0 Å². The number of thioether (sulfide) groups is 1. The number of amides is 1. The molecule has 0 saturated heterocycles. The Morgan fingerprint density at radius 2 is 1.76 bits per heavy atom. The predicted molar refractivity (Wildman–Crippen MR) is 119 cm³/mol. The third-order valence-corrected chi connectivity index (χ3v) is 6.94. The van der Waals surface area contributed by atoms with Crippen LogP contribution in [-0.2, 0) is 17.3 Å². The van der Waals surface area contributed by atoms with Crippen LogP contribution in [0.4, 0.5) is 5.69 Å². The molecular weight excluding hydrogens is 378 g/mol. The summed E-state index contributed by atoms with van der Waals surface area (Å²) in [7, 11) is 1.95. The lowest BCUT2D eigenvalue weighted by molar-refractivity contribution is -0.117. The molecule has 3 aromatic rings. The zero-order valence-electron chi connectivity index (χ0n) is 17.4. The van der Waals surface area contributed by atoms with Gasteiger partial charge in [0.15, 0.2) is 5.16 Å². The van der Waals surface area contributed by atoms with Crippen LogP contribution in [0.2, 0.25) is 0 Å². The lowest BCUT2D eigenvalue weighted by Crippen LogP contribution is -2.56. The molecule has 0 spiro atoms. The van der Waals surface area contributed by atoms with Crippen molar-refractivity contribution in [2.75, 3.05) is 10.7 Å². The van der Waals surface area contributed by atoms with E-state index in [1.54, 1.807) is 6.20 Å². The van der Waals surface area contributed by atoms with Crippen LogP contribution in [0, 0.1) is 0 Å². The van der Waals surface area contributed by atoms with E-state index in [9.17, 15) is 4.79 Å². The zero-order valence-corrected chi connectivity index (χ0v) is 18.2. The molecule has 0 aliphatic carbocycles. The number of nitrogens with zero attached hydrogens (tertiary/aromatic N) is 3. The van der Waals surface area contributed by atoms with Gasteiger partial charge in [-0.2, -0.15) is 0 Å². The van der Waals surface area contributed by atoms with E-state index in [2.05, 4.69) is 74.3 Å². The second-order valence-corrected chi connectivity index (χ2v) is 9.49. The van der Waals surface area contributed by atoms with Gasteiger partial charge in [0.05, 0.1) is 5.75 Å². The maximum atomic E-state index is 13.4. The maximum absolute atomic E-state index is 13.4. The van der Waals surface area contributed by atoms with Gasteiger partial charge in [-0.3, -0.25) is 4.79 Å². The van der Waals surface area contributed by atoms with Gasteiger partial charge in [-0.25, -0.2) is 4.98 Å². The number of carbonyl (C=O) groups is 1. The fourth-order valence-corrected chi connectivity index (χ4v) is 5.50. The van der Waals surface area contributed by atoms with E-state index in [0.717, 1.165) is 17.3 Å². The summed E-state index contributed by atoms with van der Waals surface area (Å²) >= 11 is 1.49. The predicted octanol–water partition coefficient (Wildman–Crippen LogP) is 5.03. The van der Waals surface area contributed by atoms with Crippen LogP contribution in [0.15, 0.2) is 72.1 Å². The highest BCUT2D eigenvalue weighted by molar-refractivity contribution is 7.99. The molecule has 29 heavy (non-hydrogen) atoms. The normalized spacial score (nSPS) is 20.3. The highest BCUT2D eigenvalue weighted by atomic mass is 32.2. The van der Waals surface area contributed by atoms with Gasteiger partial charge in [-0.1, -0.05) is 67.2 Å². The molecule has 1 aliphatic heterocycles. The molecule has 1 aliphatic rings. The smallest absolute Gasteiger partial charge is 0.237 e. The molecule has 0 fully saturated rings. The van der Waals surface area contributed by atoms with Crippen molar-refractivity contribution in [1.29, 1.82) is 0 Å². The van der Waals surface area contributed by atoms with Crippen molar-refractivity contribution in [1.82, 2.24) is 9.55 Å². The van der Waals surface area contributed by atoms with Crippen LogP contribution in [0.5, 0.6) is 0 Å². The minimum Gasteiger partial charge on any atom is -0.329 e. The molecule has 4 rings (SSSR count). The molecule has 0 bridgehead atoms. The van der Waals surface area contributed by atoms with Crippen LogP contribution in [0.1, 0.15) is 38.3 Å². The first-order valence-electron chi connectivity index (χ1n) is 9.91. The van der Waals surface area contributed by atoms with Crippen molar-refractivity contribution in [3.63, 3.8) is 0 Å². The first kappa shape index (κ1) is 19.8. The minimum absolute atomic E-state index is 0.116. The van der Waals surface area contributed by atoms with Crippen molar-refractivity contribution >= 4 is 23.4 Å². The summed E-state index contributed by atoms with van der Waals surface area (Å²) in [5, 5.41) is 0.857. The number of hydrogen-bond acceptors (Lipinski definition) is 3. The average Bonchev–Trinajstić information content (AvgIpc) is 3.11.